The minimum absolute atomic E-state index is 0.0152. The van der Waals surface area contributed by atoms with E-state index in [2.05, 4.69) is 44.6 Å². The Kier molecular flexibility index (Phi) is 2.84. The summed E-state index contributed by atoms with van der Waals surface area (Å²) < 4.78 is 5.42. The maximum atomic E-state index is 5.42. The van der Waals surface area contributed by atoms with E-state index in [4.69, 9.17) is 4.52 Å². The van der Waals surface area contributed by atoms with Crippen molar-refractivity contribution in [3.63, 3.8) is 0 Å². The number of benzene rings is 1. The maximum absolute atomic E-state index is 5.42. The van der Waals surface area contributed by atoms with Crippen LogP contribution in [-0.2, 0) is 18.3 Å². The summed E-state index contributed by atoms with van der Waals surface area (Å²) in [5.74, 6) is 1.53. The molecule has 106 valence electrons. The van der Waals surface area contributed by atoms with Gasteiger partial charge < -0.3 is 4.52 Å². The van der Waals surface area contributed by atoms with E-state index >= 15 is 0 Å². The minimum atomic E-state index is -0.0152. The number of nitrogens with one attached hydrogen (secondary N) is 1. The molecule has 2 heterocycles. The van der Waals surface area contributed by atoms with E-state index in [1.807, 2.05) is 18.5 Å². The molecular weight excluding hydrogens is 264 g/mol. The minimum Gasteiger partial charge on any atom is -0.339 e. The first-order valence-corrected chi connectivity index (χ1v) is 7.23. The van der Waals surface area contributed by atoms with Crippen LogP contribution < -0.4 is 0 Å². The molecule has 2 aromatic heterocycles. The molecule has 1 fully saturated rings. The average molecular weight is 280 g/mol. The molecule has 3 aromatic rings. The van der Waals surface area contributed by atoms with Crippen molar-refractivity contribution in [2.45, 2.75) is 31.1 Å². The molecule has 1 aliphatic carbocycles. The van der Waals surface area contributed by atoms with Gasteiger partial charge in [-0.2, -0.15) is 10.1 Å². The van der Waals surface area contributed by atoms with Gasteiger partial charge in [0, 0.05) is 12.6 Å². The number of nitrogens with zero attached hydrogens (tertiary/aromatic N) is 3. The Bertz CT molecular complexity index is 714. The van der Waals surface area contributed by atoms with Gasteiger partial charge in [-0.1, -0.05) is 35.5 Å². The topological polar surface area (TPSA) is 67.6 Å². The molecular formula is C16H16N4O. The SMILES string of the molecule is c1ccc(C2(c3noc(CCc4cn[nH]c4)n3)CC2)cc1. The standard InChI is InChI=1S/C16H16N4O/c1-2-4-13(5-3-1)16(8-9-16)15-19-14(21-20-15)7-6-12-10-17-18-11-12/h1-5,10-11H,6-9H2,(H,17,18). The van der Waals surface area contributed by atoms with Crippen LogP contribution >= 0.6 is 0 Å². The number of hydrogen-bond donors (Lipinski definition) is 1. The van der Waals surface area contributed by atoms with Crippen LogP contribution in [-0.4, -0.2) is 20.3 Å². The molecule has 21 heavy (non-hydrogen) atoms. The van der Waals surface area contributed by atoms with E-state index in [1.165, 1.54) is 5.56 Å². The van der Waals surface area contributed by atoms with Gasteiger partial charge in [-0.05, 0) is 30.4 Å². The fourth-order valence-electron chi connectivity index (χ4n) is 2.74. The van der Waals surface area contributed by atoms with Crippen LogP contribution in [0.2, 0.25) is 0 Å². The highest BCUT2D eigenvalue weighted by Crippen LogP contribution is 2.52. The van der Waals surface area contributed by atoms with Gasteiger partial charge in [0.05, 0.1) is 11.6 Å². The van der Waals surface area contributed by atoms with Gasteiger partial charge in [0.25, 0.3) is 0 Å². The lowest BCUT2D eigenvalue weighted by atomic mass is 9.95. The van der Waals surface area contributed by atoms with Gasteiger partial charge in [-0.25, -0.2) is 0 Å². The molecule has 0 radical (unpaired) electrons. The molecule has 0 spiro atoms. The molecule has 1 aliphatic rings. The number of rotatable bonds is 5. The van der Waals surface area contributed by atoms with E-state index in [1.54, 1.807) is 0 Å². The van der Waals surface area contributed by atoms with Crippen molar-refractivity contribution in [1.29, 1.82) is 0 Å². The van der Waals surface area contributed by atoms with Gasteiger partial charge in [-0.3, -0.25) is 5.10 Å². The smallest absolute Gasteiger partial charge is 0.227 e. The second-order valence-electron chi connectivity index (χ2n) is 5.57. The van der Waals surface area contributed by atoms with Crippen molar-refractivity contribution < 1.29 is 4.52 Å². The molecule has 0 unspecified atom stereocenters. The number of aromatic amines is 1. The molecule has 0 amide bonds. The highest BCUT2D eigenvalue weighted by molar-refractivity contribution is 5.38. The number of aryl methyl sites for hydroxylation is 2. The van der Waals surface area contributed by atoms with Gasteiger partial charge in [0.1, 0.15) is 0 Å². The molecule has 0 atom stereocenters. The summed E-state index contributed by atoms with van der Waals surface area (Å²) in [7, 11) is 0. The second-order valence-corrected chi connectivity index (χ2v) is 5.57. The van der Waals surface area contributed by atoms with Gasteiger partial charge in [0.2, 0.25) is 5.89 Å². The lowest BCUT2D eigenvalue weighted by Crippen LogP contribution is -2.10. The van der Waals surface area contributed by atoms with Crippen LogP contribution in [0.25, 0.3) is 0 Å². The highest BCUT2D eigenvalue weighted by atomic mass is 16.5. The summed E-state index contributed by atoms with van der Waals surface area (Å²) in [5.41, 5.74) is 2.42. The summed E-state index contributed by atoms with van der Waals surface area (Å²) in [4.78, 5) is 4.61. The predicted octanol–water partition coefficient (Wildman–Crippen LogP) is 2.66. The fourth-order valence-corrected chi connectivity index (χ4v) is 2.74. The molecule has 0 bridgehead atoms. The van der Waals surface area contributed by atoms with E-state index in [9.17, 15) is 0 Å². The summed E-state index contributed by atoms with van der Waals surface area (Å²) in [5, 5.41) is 11.0. The van der Waals surface area contributed by atoms with E-state index < -0.39 is 0 Å². The third kappa shape index (κ3) is 2.24. The Morgan fingerprint density at radius 3 is 2.71 bits per heavy atom. The van der Waals surface area contributed by atoms with Gasteiger partial charge in [0.15, 0.2) is 5.82 Å². The molecule has 4 rings (SSSR count). The first-order chi connectivity index (χ1) is 10.4. The quantitative estimate of drug-likeness (QED) is 0.780. The monoisotopic (exact) mass is 280 g/mol. The highest BCUT2D eigenvalue weighted by Gasteiger charge is 2.49. The summed E-state index contributed by atoms with van der Waals surface area (Å²) in [6, 6.07) is 10.5. The van der Waals surface area contributed by atoms with Crippen LogP contribution in [0.3, 0.4) is 0 Å². The fraction of sp³-hybridized carbons (Fsp3) is 0.312. The summed E-state index contributed by atoms with van der Waals surface area (Å²) in [6.45, 7) is 0. The van der Waals surface area contributed by atoms with Crippen LogP contribution in [0.5, 0.6) is 0 Å². The molecule has 1 saturated carbocycles. The van der Waals surface area contributed by atoms with E-state index in [-0.39, 0.29) is 5.41 Å². The molecule has 0 aliphatic heterocycles. The van der Waals surface area contributed by atoms with Gasteiger partial charge in [-0.15, -0.1) is 0 Å². The predicted molar refractivity (Wildman–Crippen MR) is 76.7 cm³/mol. The first kappa shape index (κ1) is 12.3. The first-order valence-electron chi connectivity index (χ1n) is 7.23. The van der Waals surface area contributed by atoms with Crippen LogP contribution in [0, 0.1) is 0 Å². The lowest BCUT2D eigenvalue weighted by Gasteiger charge is -2.09. The number of hydrogen-bond acceptors (Lipinski definition) is 4. The lowest BCUT2D eigenvalue weighted by molar-refractivity contribution is 0.370. The second kappa shape index (κ2) is 4.84. The van der Waals surface area contributed by atoms with Crippen molar-refractivity contribution in [3.05, 3.63) is 65.6 Å². The normalized spacial score (nSPS) is 16.0. The van der Waals surface area contributed by atoms with Crippen molar-refractivity contribution in [1.82, 2.24) is 20.3 Å². The largest absolute Gasteiger partial charge is 0.339 e. The van der Waals surface area contributed by atoms with Crippen molar-refractivity contribution >= 4 is 0 Å². The Morgan fingerprint density at radius 1 is 1.14 bits per heavy atom. The Labute approximate surface area is 122 Å². The summed E-state index contributed by atoms with van der Waals surface area (Å²) >= 11 is 0. The van der Waals surface area contributed by atoms with Crippen molar-refractivity contribution in [3.8, 4) is 0 Å². The average Bonchev–Trinajstić information content (AvgIpc) is 2.97. The number of H-pyrrole nitrogens is 1. The number of aromatic nitrogens is 4. The van der Waals surface area contributed by atoms with Gasteiger partial charge >= 0.3 is 0 Å². The Morgan fingerprint density at radius 2 is 2.00 bits per heavy atom. The zero-order valence-corrected chi connectivity index (χ0v) is 11.6. The summed E-state index contributed by atoms with van der Waals surface area (Å²) in [6.07, 6.45) is 7.51. The zero-order chi connectivity index (χ0) is 14.1. The third-order valence-corrected chi connectivity index (χ3v) is 4.15. The van der Waals surface area contributed by atoms with Crippen LogP contribution in [0.4, 0.5) is 0 Å². The third-order valence-electron chi connectivity index (χ3n) is 4.15. The Hall–Kier alpha value is -2.43. The zero-order valence-electron chi connectivity index (χ0n) is 11.6. The van der Waals surface area contributed by atoms with Crippen molar-refractivity contribution in [2.24, 2.45) is 0 Å². The van der Waals surface area contributed by atoms with Crippen LogP contribution in [0.15, 0.2) is 47.2 Å². The maximum Gasteiger partial charge on any atom is 0.227 e. The molecule has 1 N–H and O–H groups in total. The Balaban J connectivity index is 1.52. The van der Waals surface area contributed by atoms with Crippen molar-refractivity contribution in [2.75, 3.05) is 0 Å². The molecule has 1 aromatic carbocycles. The molecule has 5 heteroatoms. The van der Waals surface area contributed by atoms with Crippen LogP contribution in [0.1, 0.15) is 35.7 Å². The molecule has 5 nitrogen and oxygen atoms in total. The molecule has 0 saturated heterocycles. The van der Waals surface area contributed by atoms with E-state index in [0.29, 0.717) is 5.89 Å². The van der Waals surface area contributed by atoms with E-state index in [0.717, 1.165) is 37.1 Å².